The van der Waals surface area contributed by atoms with Gasteiger partial charge in [-0.05, 0) is 32.9 Å². The molecule has 0 spiro atoms. The van der Waals surface area contributed by atoms with E-state index in [0.717, 1.165) is 5.69 Å². The zero-order valence-corrected chi connectivity index (χ0v) is 12.1. The van der Waals surface area contributed by atoms with Gasteiger partial charge in [-0.2, -0.15) is 0 Å². The summed E-state index contributed by atoms with van der Waals surface area (Å²) >= 11 is 0. The molecule has 1 aromatic rings. The Morgan fingerprint density at radius 3 is 1.84 bits per heavy atom. The second-order valence-electron chi connectivity index (χ2n) is 5.25. The van der Waals surface area contributed by atoms with E-state index in [2.05, 4.69) is 5.32 Å². The van der Waals surface area contributed by atoms with Crippen LogP contribution in [0.4, 0.5) is 10.5 Å². The molecule has 0 unspecified atom stereocenters. The van der Waals surface area contributed by atoms with Crippen molar-refractivity contribution >= 4 is 17.7 Å². The third-order valence-corrected chi connectivity index (χ3v) is 2.07. The Morgan fingerprint density at radius 2 is 1.53 bits per heavy atom. The largest absolute Gasteiger partial charge is 0.481 e. The number of urea groups is 1. The highest BCUT2D eigenvalue weighted by Crippen LogP contribution is 2.11. The lowest BCUT2D eigenvalue weighted by Crippen LogP contribution is -2.27. The highest BCUT2D eigenvalue weighted by atomic mass is 16.4. The fourth-order valence-corrected chi connectivity index (χ4v) is 0.757. The van der Waals surface area contributed by atoms with Crippen LogP contribution in [0, 0.1) is 5.41 Å². The summed E-state index contributed by atoms with van der Waals surface area (Å²) in [5, 5.41) is 11.0. The fourth-order valence-electron chi connectivity index (χ4n) is 0.757. The number of carboxylic acids is 1. The molecule has 5 heteroatoms. The third-order valence-electron chi connectivity index (χ3n) is 2.07. The van der Waals surface area contributed by atoms with Gasteiger partial charge in [0.05, 0.1) is 5.41 Å². The smallest absolute Gasteiger partial charge is 0.321 e. The molecule has 1 rings (SSSR count). The monoisotopic (exact) mass is 266 g/mol. The average molecular weight is 266 g/mol. The predicted molar refractivity (Wildman–Crippen MR) is 76.2 cm³/mol. The number of anilines is 1. The van der Waals surface area contributed by atoms with E-state index in [0.29, 0.717) is 0 Å². The van der Waals surface area contributed by atoms with Gasteiger partial charge in [0.25, 0.3) is 0 Å². The van der Waals surface area contributed by atoms with Crippen molar-refractivity contribution in [3.63, 3.8) is 0 Å². The molecule has 0 fully saturated rings. The maximum absolute atomic E-state index is 11.1. The van der Waals surface area contributed by atoms with Gasteiger partial charge in [0, 0.05) is 19.8 Å². The van der Waals surface area contributed by atoms with Crippen molar-refractivity contribution in [2.24, 2.45) is 5.41 Å². The zero-order chi connectivity index (χ0) is 15.1. The lowest BCUT2D eigenvalue weighted by molar-refractivity contribution is -0.145. The van der Waals surface area contributed by atoms with E-state index in [-0.39, 0.29) is 6.03 Å². The molecule has 0 heterocycles. The van der Waals surface area contributed by atoms with Crippen LogP contribution in [0.25, 0.3) is 0 Å². The number of carboxylic acid groups (broad SMARTS) is 1. The second-order valence-corrected chi connectivity index (χ2v) is 5.25. The van der Waals surface area contributed by atoms with Gasteiger partial charge in [0.15, 0.2) is 0 Å². The molecule has 0 radical (unpaired) electrons. The van der Waals surface area contributed by atoms with Crippen molar-refractivity contribution in [1.82, 2.24) is 4.90 Å². The minimum absolute atomic E-state index is 0.110. The van der Waals surface area contributed by atoms with Gasteiger partial charge in [0.1, 0.15) is 0 Å². The number of carbonyl (C=O) groups is 2. The molecule has 1 aromatic carbocycles. The molecule has 0 aromatic heterocycles. The molecule has 106 valence electrons. The van der Waals surface area contributed by atoms with Crippen molar-refractivity contribution in [1.29, 1.82) is 0 Å². The molecule has 0 aliphatic carbocycles. The van der Waals surface area contributed by atoms with Gasteiger partial charge in [-0.15, -0.1) is 0 Å². The number of nitrogens with zero attached hydrogens (tertiary/aromatic N) is 1. The lowest BCUT2D eigenvalue weighted by atomic mass is 9.98. The van der Waals surface area contributed by atoms with E-state index in [9.17, 15) is 9.59 Å². The van der Waals surface area contributed by atoms with E-state index in [1.54, 1.807) is 34.9 Å². The maximum Gasteiger partial charge on any atom is 0.321 e. The maximum atomic E-state index is 11.1. The molecular formula is C14H22N2O3. The quantitative estimate of drug-likeness (QED) is 0.821. The van der Waals surface area contributed by atoms with Crippen molar-refractivity contribution in [3.8, 4) is 0 Å². The molecule has 2 N–H and O–H groups in total. The summed E-state index contributed by atoms with van der Waals surface area (Å²) in [6.45, 7) is 4.99. The molecule has 0 saturated heterocycles. The topological polar surface area (TPSA) is 69.6 Å². The van der Waals surface area contributed by atoms with Gasteiger partial charge >= 0.3 is 12.0 Å². The molecular weight excluding hydrogens is 244 g/mol. The van der Waals surface area contributed by atoms with Crippen LogP contribution in [0.2, 0.25) is 0 Å². The minimum Gasteiger partial charge on any atom is -0.481 e. The Balaban J connectivity index is 0.000000399. The van der Waals surface area contributed by atoms with E-state index in [1.807, 2.05) is 30.3 Å². The number of nitrogens with one attached hydrogen (secondary N) is 1. The van der Waals surface area contributed by atoms with Crippen LogP contribution in [0.3, 0.4) is 0 Å². The van der Waals surface area contributed by atoms with Crippen LogP contribution in [0.5, 0.6) is 0 Å². The van der Waals surface area contributed by atoms with Gasteiger partial charge in [-0.25, -0.2) is 4.79 Å². The Kier molecular flexibility index (Phi) is 6.61. The van der Waals surface area contributed by atoms with E-state index >= 15 is 0 Å². The van der Waals surface area contributed by atoms with Crippen LogP contribution in [-0.4, -0.2) is 36.1 Å². The number of aliphatic carboxylic acids is 1. The molecule has 5 nitrogen and oxygen atoms in total. The predicted octanol–water partition coefficient (Wildman–Crippen LogP) is 2.90. The molecule has 0 aliphatic heterocycles. The lowest BCUT2D eigenvalue weighted by Gasteiger charge is -2.11. The van der Waals surface area contributed by atoms with Crippen LogP contribution in [0.1, 0.15) is 20.8 Å². The summed E-state index contributed by atoms with van der Waals surface area (Å²) in [5.41, 5.74) is 0.233. The zero-order valence-electron chi connectivity index (χ0n) is 12.1. The number of hydrogen-bond donors (Lipinski definition) is 2. The van der Waals surface area contributed by atoms with Crippen LogP contribution in [0.15, 0.2) is 30.3 Å². The Hall–Kier alpha value is -2.04. The van der Waals surface area contributed by atoms with Crippen molar-refractivity contribution < 1.29 is 14.7 Å². The molecule has 0 bridgehead atoms. The fraction of sp³-hybridized carbons (Fsp3) is 0.429. The first kappa shape index (κ1) is 17.0. The Morgan fingerprint density at radius 1 is 1.11 bits per heavy atom. The van der Waals surface area contributed by atoms with Gasteiger partial charge < -0.3 is 15.3 Å². The van der Waals surface area contributed by atoms with Gasteiger partial charge in [-0.3, -0.25) is 4.79 Å². The van der Waals surface area contributed by atoms with Crippen LogP contribution < -0.4 is 5.32 Å². The minimum atomic E-state index is -0.757. The summed E-state index contributed by atoms with van der Waals surface area (Å²) in [7, 11) is 3.41. The second kappa shape index (κ2) is 7.41. The number of carbonyl (C=O) groups excluding carboxylic acids is 1. The SMILES string of the molecule is CC(C)(C)C(=O)O.CN(C)C(=O)Nc1ccccc1. The van der Waals surface area contributed by atoms with Crippen molar-refractivity contribution in [2.75, 3.05) is 19.4 Å². The number of para-hydroxylation sites is 1. The standard InChI is InChI=1S/C9H12N2O.C5H10O2/c1-11(2)9(12)10-8-6-4-3-5-7-8;1-5(2,3)4(6)7/h3-7H,1-2H3,(H,10,12);1-3H3,(H,6,7). The van der Waals surface area contributed by atoms with Gasteiger partial charge in [-0.1, -0.05) is 18.2 Å². The Bertz CT molecular complexity index is 408. The van der Waals surface area contributed by atoms with Crippen LogP contribution in [-0.2, 0) is 4.79 Å². The molecule has 2 amide bonds. The average Bonchev–Trinajstić information content (AvgIpc) is 2.29. The van der Waals surface area contributed by atoms with E-state index < -0.39 is 11.4 Å². The first-order valence-corrected chi connectivity index (χ1v) is 5.91. The molecule has 19 heavy (non-hydrogen) atoms. The number of rotatable bonds is 1. The molecule has 0 atom stereocenters. The summed E-state index contributed by atoms with van der Waals surface area (Å²) in [5.74, 6) is -0.757. The molecule has 0 aliphatic rings. The Labute approximate surface area is 114 Å². The highest BCUT2D eigenvalue weighted by molar-refractivity contribution is 5.88. The summed E-state index contributed by atoms with van der Waals surface area (Å²) in [6, 6.07) is 9.26. The van der Waals surface area contributed by atoms with E-state index in [4.69, 9.17) is 5.11 Å². The number of benzene rings is 1. The first-order valence-electron chi connectivity index (χ1n) is 5.91. The van der Waals surface area contributed by atoms with Crippen LogP contribution >= 0.6 is 0 Å². The number of hydrogen-bond acceptors (Lipinski definition) is 2. The third kappa shape index (κ3) is 7.81. The highest BCUT2D eigenvalue weighted by Gasteiger charge is 2.18. The summed E-state index contributed by atoms with van der Waals surface area (Å²) < 4.78 is 0. The first-order chi connectivity index (χ1) is 8.64. The van der Waals surface area contributed by atoms with Gasteiger partial charge in [0.2, 0.25) is 0 Å². The summed E-state index contributed by atoms with van der Waals surface area (Å²) in [6.07, 6.45) is 0. The van der Waals surface area contributed by atoms with Crippen molar-refractivity contribution in [2.45, 2.75) is 20.8 Å². The van der Waals surface area contributed by atoms with Crippen molar-refractivity contribution in [3.05, 3.63) is 30.3 Å². The normalized spacial score (nSPS) is 9.95. The molecule has 0 saturated carbocycles. The summed E-state index contributed by atoms with van der Waals surface area (Å²) in [4.78, 5) is 22.6. The number of amides is 2. The van der Waals surface area contributed by atoms with E-state index in [1.165, 1.54) is 4.90 Å².